The number of aromatic hydroxyl groups is 3. The smallest absolute Gasteiger partial charge is 0.196 e. The third-order valence-electron chi connectivity index (χ3n) is 2.52. The van der Waals surface area contributed by atoms with Crippen molar-refractivity contribution in [3.8, 4) is 17.2 Å². The van der Waals surface area contributed by atoms with Gasteiger partial charge < -0.3 is 15.3 Å². The van der Waals surface area contributed by atoms with Crippen molar-refractivity contribution in [2.24, 2.45) is 0 Å². The fourth-order valence-corrected chi connectivity index (χ4v) is 1.70. The molecule has 4 nitrogen and oxygen atoms in total. The predicted molar refractivity (Wildman–Crippen MR) is 66.3 cm³/mol. The molecule has 19 heavy (non-hydrogen) atoms. The van der Waals surface area contributed by atoms with Gasteiger partial charge in [-0.15, -0.1) is 0 Å². The topological polar surface area (TPSA) is 77.8 Å². The summed E-state index contributed by atoms with van der Waals surface area (Å²) in [5, 5.41) is 27.8. The van der Waals surface area contributed by atoms with Gasteiger partial charge >= 0.3 is 0 Å². The molecule has 6 heteroatoms. The number of phenols is 3. The minimum absolute atomic E-state index is 0.0626. The first-order valence-electron chi connectivity index (χ1n) is 5.15. The fourth-order valence-electron chi connectivity index (χ4n) is 1.54. The molecule has 98 valence electrons. The molecular weight excluding hydrogens is 275 g/mol. The van der Waals surface area contributed by atoms with Crippen LogP contribution in [-0.4, -0.2) is 21.1 Å². The number of rotatable bonds is 2. The van der Waals surface area contributed by atoms with E-state index in [-0.39, 0.29) is 21.9 Å². The quantitative estimate of drug-likeness (QED) is 0.740. The molecule has 0 radical (unpaired) electrons. The summed E-state index contributed by atoms with van der Waals surface area (Å²) in [7, 11) is 0. The Hall–Kier alpha value is -2.27. The molecule has 0 unspecified atom stereocenters. The fraction of sp³-hybridized carbons (Fsp3) is 0. The van der Waals surface area contributed by atoms with Crippen LogP contribution in [0.2, 0.25) is 5.02 Å². The van der Waals surface area contributed by atoms with Crippen LogP contribution in [0.3, 0.4) is 0 Å². The van der Waals surface area contributed by atoms with Gasteiger partial charge in [-0.25, -0.2) is 4.39 Å². The average Bonchev–Trinajstić information content (AvgIpc) is 2.36. The van der Waals surface area contributed by atoms with Crippen molar-refractivity contribution < 1.29 is 24.5 Å². The van der Waals surface area contributed by atoms with Crippen molar-refractivity contribution in [1.82, 2.24) is 0 Å². The van der Waals surface area contributed by atoms with E-state index in [1.807, 2.05) is 0 Å². The Morgan fingerprint density at radius 1 is 1.00 bits per heavy atom. The molecule has 0 amide bonds. The van der Waals surface area contributed by atoms with Crippen molar-refractivity contribution in [3.63, 3.8) is 0 Å². The SMILES string of the molecule is O=C(c1ccc(O)c(F)c1)c1cc(Cl)c(O)cc1O. The third-order valence-corrected chi connectivity index (χ3v) is 2.82. The summed E-state index contributed by atoms with van der Waals surface area (Å²) in [6, 6.07) is 5.09. The Labute approximate surface area is 112 Å². The molecule has 0 atom stereocenters. The second-order valence-corrected chi connectivity index (χ2v) is 4.22. The standard InChI is InChI=1S/C13H8ClFO4/c14-8-4-7(11(17)5-12(8)18)13(19)6-1-2-10(16)9(15)3-6/h1-5,16-18H. The summed E-state index contributed by atoms with van der Waals surface area (Å²) in [4.78, 5) is 12.0. The Kier molecular flexibility index (Phi) is 3.31. The van der Waals surface area contributed by atoms with E-state index in [0.717, 1.165) is 24.3 Å². The minimum atomic E-state index is -0.949. The maximum absolute atomic E-state index is 13.2. The van der Waals surface area contributed by atoms with E-state index in [2.05, 4.69) is 0 Å². The molecule has 0 aliphatic rings. The van der Waals surface area contributed by atoms with Crippen LogP contribution in [0.15, 0.2) is 30.3 Å². The van der Waals surface area contributed by atoms with Crippen LogP contribution in [0.25, 0.3) is 0 Å². The van der Waals surface area contributed by atoms with Gasteiger partial charge in [-0.05, 0) is 24.3 Å². The first-order chi connectivity index (χ1) is 8.90. The molecule has 0 spiro atoms. The lowest BCUT2D eigenvalue weighted by atomic mass is 10.0. The summed E-state index contributed by atoms with van der Waals surface area (Å²) >= 11 is 5.65. The van der Waals surface area contributed by atoms with Crippen LogP contribution in [0.4, 0.5) is 4.39 Å². The largest absolute Gasteiger partial charge is 0.507 e. The number of benzene rings is 2. The van der Waals surface area contributed by atoms with Crippen LogP contribution in [-0.2, 0) is 0 Å². The number of carbonyl (C=O) groups is 1. The molecule has 0 saturated carbocycles. The summed E-state index contributed by atoms with van der Waals surface area (Å²) in [6.45, 7) is 0. The summed E-state index contributed by atoms with van der Waals surface area (Å²) < 4.78 is 13.2. The van der Waals surface area contributed by atoms with Crippen molar-refractivity contribution in [2.75, 3.05) is 0 Å². The van der Waals surface area contributed by atoms with Crippen LogP contribution >= 0.6 is 11.6 Å². The van der Waals surface area contributed by atoms with E-state index in [9.17, 15) is 19.4 Å². The molecule has 0 fully saturated rings. The Morgan fingerprint density at radius 3 is 2.32 bits per heavy atom. The van der Waals surface area contributed by atoms with E-state index in [1.54, 1.807) is 0 Å². The van der Waals surface area contributed by atoms with E-state index >= 15 is 0 Å². The molecule has 0 saturated heterocycles. The second-order valence-electron chi connectivity index (χ2n) is 3.82. The van der Waals surface area contributed by atoms with Gasteiger partial charge in [-0.3, -0.25) is 4.79 Å². The van der Waals surface area contributed by atoms with E-state index in [0.29, 0.717) is 0 Å². The first kappa shape index (κ1) is 13.2. The van der Waals surface area contributed by atoms with Gasteiger partial charge in [0.05, 0.1) is 10.6 Å². The maximum Gasteiger partial charge on any atom is 0.196 e. The molecule has 0 aliphatic carbocycles. The van der Waals surface area contributed by atoms with Crippen LogP contribution in [0, 0.1) is 5.82 Å². The van der Waals surface area contributed by atoms with Crippen LogP contribution < -0.4 is 0 Å². The molecular formula is C13H8ClFO4. The number of ketones is 1. The third kappa shape index (κ3) is 2.46. The van der Waals surface area contributed by atoms with Gasteiger partial charge in [0.1, 0.15) is 11.5 Å². The first-order valence-corrected chi connectivity index (χ1v) is 5.52. The summed E-state index contributed by atoms with van der Waals surface area (Å²) in [5.74, 6) is -3.05. The van der Waals surface area contributed by atoms with Crippen molar-refractivity contribution in [3.05, 3.63) is 52.3 Å². The van der Waals surface area contributed by atoms with E-state index in [4.69, 9.17) is 16.7 Å². The normalized spacial score (nSPS) is 10.4. The Balaban J connectivity index is 2.49. The van der Waals surface area contributed by atoms with Gasteiger partial charge in [0.25, 0.3) is 0 Å². The van der Waals surface area contributed by atoms with Crippen molar-refractivity contribution in [2.45, 2.75) is 0 Å². The van der Waals surface area contributed by atoms with Gasteiger partial charge in [0, 0.05) is 11.6 Å². The van der Waals surface area contributed by atoms with Crippen molar-refractivity contribution in [1.29, 1.82) is 0 Å². The summed E-state index contributed by atoms with van der Waals surface area (Å²) in [6.07, 6.45) is 0. The number of hydrogen-bond acceptors (Lipinski definition) is 4. The second kappa shape index (κ2) is 4.78. The highest BCUT2D eigenvalue weighted by Gasteiger charge is 2.17. The molecule has 0 bridgehead atoms. The molecule has 0 aliphatic heterocycles. The predicted octanol–water partition coefficient (Wildman–Crippen LogP) is 2.83. The van der Waals surface area contributed by atoms with Crippen LogP contribution in [0.5, 0.6) is 17.2 Å². The van der Waals surface area contributed by atoms with Gasteiger partial charge in [0.15, 0.2) is 17.3 Å². The van der Waals surface area contributed by atoms with Gasteiger partial charge in [-0.2, -0.15) is 0 Å². The maximum atomic E-state index is 13.2. The molecule has 0 heterocycles. The number of hydrogen-bond donors (Lipinski definition) is 3. The lowest BCUT2D eigenvalue weighted by Gasteiger charge is -2.06. The lowest BCUT2D eigenvalue weighted by molar-refractivity contribution is 0.103. The van der Waals surface area contributed by atoms with Crippen molar-refractivity contribution >= 4 is 17.4 Å². The van der Waals surface area contributed by atoms with E-state index < -0.39 is 23.1 Å². The van der Waals surface area contributed by atoms with Gasteiger partial charge in [0.2, 0.25) is 0 Å². The molecule has 3 N–H and O–H groups in total. The number of halogens is 2. The lowest BCUT2D eigenvalue weighted by Crippen LogP contribution is -2.02. The highest BCUT2D eigenvalue weighted by atomic mass is 35.5. The molecule has 2 aromatic rings. The Bertz CT molecular complexity index is 670. The molecule has 2 rings (SSSR count). The van der Waals surface area contributed by atoms with Crippen LogP contribution in [0.1, 0.15) is 15.9 Å². The number of phenolic OH excluding ortho intramolecular Hbond substituents is 3. The zero-order valence-corrected chi connectivity index (χ0v) is 10.1. The number of carbonyl (C=O) groups excluding carboxylic acids is 1. The minimum Gasteiger partial charge on any atom is -0.507 e. The molecule has 0 aromatic heterocycles. The summed E-state index contributed by atoms with van der Waals surface area (Å²) in [5.41, 5.74) is -0.236. The Morgan fingerprint density at radius 2 is 1.68 bits per heavy atom. The molecule has 2 aromatic carbocycles. The zero-order chi connectivity index (χ0) is 14.2. The van der Waals surface area contributed by atoms with Gasteiger partial charge in [-0.1, -0.05) is 11.6 Å². The highest BCUT2D eigenvalue weighted by Crippen LogP contribution is 2.32. The van der Waals surface area contributed by atoms with E-state index in [1.165, 1.54) is 6.07 Å². The zero-order valence-electron chi connectivity index (χ0n) is 9.39. The highest BCUT2D eigenvalue weighted by molar-refractivity contribution is 6.32. The monoisotopic (exact) mass is 282 g/mol. The average molecular weight is 283 g/mol.